The van der Waals surface area contributed by atoms with E-state index in [1.165, 1.54) is 12.1 Å². The molecule has 2 aromatic carbocycles. The summed E-state index contributed by atoms with van der Waals surface area (Å²) in [6.07, 6.45) is 0.900. The van der Waals surface area contributed by atoms with Gasteiger partial charge in [0.1, 0.15) is 11.4 Å². The number of fused-ring (bicyclic) bond motifs is 3. The third-order valence-electron chi connectivity index (χ3n) is 7.60. The average molecular weight is 509 g/mol. The Labute approximate surface area is 212 Å². The number of rotatable bonds is 3. The Morgan fingerprint density at radius 1 is 1.06 bits per heavy atom. The topological polar surface area (TPSA) is 77.7 Å². The zero-order chi connectivity index (χ0) is 25.0. The van der Waals surface area contributed by atoms with Gasteiger partial charge in [0.15, 0.2) is 0 Å². The lowest BCUT2D eigenvalue weighted by molar-refractivity contribution is -0.0389. The van der Waals surface area contributed by atoms with E-state index < -0.39 is 17.4 Å². The third-order valence-corrected chi connectivity index (χ3v) is 7.84. The number of hydrogen-bond donors (Lipinski definition) is 2. The van der Waals surface area contributed by atoms with Crippen LogP contribution in [0.3, 0.4) is 0 Å². The quantitative estimate of drug-likeness (QED) is 0.520. The molecule has 9 heteroatoms. The van der Waals surface area contributed by atoms with Crippen LogP contribution in [0.2, 0.25) is 5.02 Å². The summed E-state index contributed by atoms with van der Waals surface area (Å²) in [5.41, 5.74) is 3.00. The predicted octanol–water partition coefficient (Wildman–Crippen LogP) is 4.14. The van der Waals surface area contributed by atoms with Crippen molar-refractivity contribution >= 4 is 40.1 Å². The van der Waals surface area contributed by atoms with Crippen LogP contribution in [0.15, 0.2) is 43.0 Å². The molecular weight excluding hydrogens is 483 g/mol. The number of carbonyl (C=O) groups excluding carboxylic acids is 2. The van der Waals surface area contributed by atoms with Crippen molar-refractivity contribution in [2.24, 2.45) is 0 Å². The highest BCUT2D eigenvalue weighted by molar-refractivity contribution is 6.31. The van der Waals surface area contributed by atoms with Crippen LogP contribution in [0.5, 0.6) is 0 Å². The van der Waals surface area contributed by atoms with Gasteiger partial charge in [-0.2, -0.15) is 0 Å². The molecule has 0 bridgehead atoms. The molecule has 2 fully saturated rings. The van der Waals surface area contributed by atoms with Crippen molar-refractivity contribution < 1.29 is 18.7 Å². The Balaban J connectivity index is 1.31. The minimum Gasteiger partial charge on any atom is -0.450 e. The summed E-state index contributed by atoms with van der Waals surface area (Å²) in [6, 6.07) is 9.68. The number of H-pyrrole nitrogens is 1. The lowest BCUT2D eigenvalue weighted by Gasteiger charge is -2.38. The fraction of sp³-hybridized carbons (Fsp3) is 0.333. The largest absolute Gasteiger partial charge is 0.450 e. The molecule has 36 heavy (non-hydrogen) atoms. The maximum Gasteiger partial charge on any atom is 0.339 e. The zero-order valence-electron chi connectivity index (χ0n) is 19.7. The van der Waals surface area contributed by atoms with Crippen molar-refractivity contribution in [3.63, 3.8) is 0 Å². The number of nitrogens with zero attached hydrogens (tertiary/aromatic N) is 2. The summed E-state index contributed by atoms with van der Waals surface area (Å²) in [5.74, 6) is -1.08. The first kappa shape index (κ1) is 23.1. The zero-order valence-corrected chi connectivity index (χ0v) is 20.5. The number of ether oxygens (including phenoxy) is 1. The van der Waals surface area contributed by atoms with Crippen LogP contribution in [0.1, 0.15) is 44.8 Å². The van der Waals surface area contributed by atoms with Gasteiger partial charge in [-0.05, 0) is 24.3 Å². The van der Waals surface area contributed by atoms with E-state index >= 15 is 0 Å². The summed E-state index contributed by atoms with van der Waals surface area (Å²) in [4.78, 5) is 33.8. The van der Waals surface area contributed by atoms with E-state index in [4.69, 9.17) is 16.3 Å². The maximum absolute atomic E-state index is 14.0. The van der Waals surface area contributed by atoms with Crippen molar-refractivity contribution in [1.29, 1.82) is 0 Å². The Hall–Kier alpha value is -3.36. The summed E-state index contributed by atoms with van der Waals surface area (Å²) < 4.78 is 19.5. The van der Waals surface area contributed by atoms with Crippen molar-refractivity contribution in [2.45, 2.75) is 18.4 Å². The highest BCUT2D eigenvalue weighted by Crippen LogP contribution is 2.44. The van der Waals surface area contributed by atoms with Crippen LogP contribution in [0.4, 0.5) is 4.39 Å². The van der Waals surface area contributed by atoms with Gasteiger partial charge >= 0.3 is 5.97 Å². The average Bonchev–Trinajstić information content (AvgIpc) is 3.38. The smallest absolute Gasteiger partial charge is 0.339 e. The number of hydrogen-bond acceptors (Lipinski definition) is 5. The van der Waals surface area contributed by atoms with Crippen LogP contribution in [-0.4, -0.2) is 65.9 Å². The Morgan fingerprint density at radius 3 is 2.56 bits per heavy atom. The molecule has 2 N–H and O–H groups in total. The first-order chi connectivity index (χ1) is 17.4. The molecule has 7 nitrogen and oxygen atoms in total. The molecule has 0 radical (unpaired) electrons. The number of nitrogens with one attached hydrogen (secondary N) is 2. The molecule has 3 aromatic rings. The van der Waals surface area contributed by atoms with Gasteiger partial charge in [-0.3, -0.25) is 4.79 Å². The number of benzene rings is 2. The van der Waals surface area contributed by atoms with Crippen LogP contribution in [-0.2, 0) is 10.3 Å². The molecule has 2 saturated heterocycles. The molecule has 4 heterocycles. The van der Waals surface area contributed by atoms with Crippen LogP contribution < -0.4 is 5.32 Å². The monoisotopic (exact) mass is 508 g/mol. The second-order valence-electron chi connectivity index (χ2n) is 9.61. The fourth-order valence-corrected chi connectivity index (χ4v) is 5.84. The first-order valence-electron chi connectivity index (χ1n) is 12.2. The molecule has 186 valence electrons. The van der Waals surface area contributed by atoms with Gasteiger partial charge < -0.3 is 24.8 Å². The van der Waals surface area contributed by atoms with Gasteiger partial charge in [0.05, 0.1) is 22.5 Å². The van der Waals surface area contributed by atoms with Gasteiger partial charge in [0, 0.05) is 73.6 Å². The molecule has 3 aliphatic heterocycles. The van der Waals surface area contributed by atoms with E-state index in [1.807, 2.05) is 12.1 Å². The normalized spacial score (nSPS) is 19.0. The summed E-state index contributed by atoms with van der Waals surface area (Å²) in [5, 5.41) is 4.72. The molecule has 3 aliphatic rings. The standard InChI is InChI=1S/C27H26ClFN4O3/c1-16(32-12-8-30-9-13-32)24-23(19-4-2-17(28)14-22(19)31-24)25(34)33-10-6-27(7-11-33)21-5-3-18(29)15-20(21)26(35)36-27/h2-5,14-15,30-31H,1,6-13H2. The highest BCUT2D eigenvalue weighted by Gasteiger charge is 2.48. The Morgan fingerprint density at radius 2 is 1.81 bits per heavy atom. The van der Waals surface area contributed by atoms with Gasteiger partial charge in [-0.1, -0.05) is 30.3 Å². The lowest BCUT2D eigenvalue weighted by Crippen LogP contribution is -2.46. The Bertz CT molecular complexity index is 1400. The SMILES string of the molecule is C=C(c1[nH]c2cc(Cl)ccc2c1C(=O)N1CCC2(CC1)OC(=O)c1cc(F)ccc12)N1CCNCC1. The molecule has 1 amide bonds. The molecular formula is C27H26ClFN4O3. The van der Waals surface area contributed by atoms with Gasteiger partial charge in [0.25, 0.3) is 5.91 Å². The van der Waals surface area contributed by atoms with Crippen LogP contribution in [0, 0.1) is 5.82 Å². The molecule has 0 aliphatic carbocycles. The number of carbonyl (C=O) groups is 2. The lowest BCUT2D eigenvalue weighted by atomic mass is 9.83. The van der Waals surface area contributed by atoms with Gasteiger partial charge in [-0.25, -0.2) is 9.18 Å². The number of aromatic nitrogens is 1. The van der Waals surface area contributed by atoms with Crippen molar-refractivity contribution in [1.82, 2.24) is 20.1 Å². The third kappa shape index (κ3) is 3.67. The van der Waals surface area contributed by atoms with Crippen molar-refractivity contribution in [3.05, 3.63) is 76.2 Å². The molecule has 0 unspecified atom stereocenters. The number of esters is 1. The number of likely N-dealkylation sites (tertiary alicyclic amines) is 1. The van der Waals surface area contributed by atoms with E-state index in [1.54, 1.807) is 17.0 Å². The van der Waals surface area contributed by atoms with Crippen LogP contribution in [0.25, 0.3) is 16.6 Å². The summed E-state index contributed by atoms with van der Waals surface area (Å²) in [7, 11) is 0. The number of halogens is 2. The molecule has 1 aromatic heterocycles. The maximum atomic E-state index is 14.0. The predicted molar refractivity (Wildman–Crippen MR) is 135 cm³/mol. The van der Waals surface area contributed by atoms with E-state index in [0.29, 0.717) is 47.8 Å². The van der Waals surface area contributed by atoms with Gasteiger partial charge in [-0.15, -0.1) is 0 Å². The molecule has 1 spiro atoms. The van der Waals surface area contributed by atoms with E-state index in [-0.39, 0.29) is 11.5 Å². The molecule has 0 saturated carbocycles. The van der Waals surface area contributed by atoms with E-state index in [2.05, 4.69) is 21.8 Å². The molecule has 6 rings (SSSR count). The van der Waals surface area contributed by atoms with Crippen molar-refractivity contribution in [2.75, 3.05) is 39.3 Å². The second kappa shape index (κ2) is 8.64. The van der Waals surface area contributed by atoms with Crippen molar-refractivity contribution in [3.8, 4) is 0 Å². The minimum atomic E-state index is -0.822. The van der Waals surface area contributed by atoms with Crippen LogP contribution >= 0.6 is 11.6 Å². The van der Waals surface area contributed by atoms with E-state index in [0.717, 1.165) is 42.8 Å². The van der Waals surface area contributed by atoms with Gasteiger partial charge in [0.2, 0.25) is 0 Å². The fourth-order valence-electron chi connectivity index (χ4n) is 5.67. The first-order valence-corrected chi connectivity index (χ1v) is 12.5. The second-order valence-corrected chi connectivity index (χ2v) is 10.1. The number of piperidine rings is 1. The summed E-state index contributed by atoms with van der Waals surface area (Å²) in [6.45, 7) is 8.46. The van der Waals surface area contributed by atoms with E-state index in [9.17, 15) is 14.0 Å². The Kier molecular flexibility index (Phi) is 5.53. The number of piperazine rings is 1. The number of aromatic amines is 1. The summed E-state index contributed by atoms with van der Waals surface area (Å²) >= 11 is 6.25. The highest BCUT2D eigenvalue weighted by atomic mass is 35.5. The molecule has 0 atom stereocenters. The number of amides is 1. The minimum absolute atomic E-state index is 0.103.